The summed E-state index contributed by atoms with van der Waals surface area (Å²) in [7, 11) is -4.28. The van der Waals surface area contributed by atoms with E-state index in [1.807, 2.05) is 0 Å². The maximum Gasteiger partial charge on any atom is 0.472 e. The van der Waals surface area contributed by atoms with E-state index in [4.69, 9.17) is 18.5 Å². The first-order chi connectivity index (χ1) is 25.3. The van der Waals surface area contributed by atoms with Gasteiger partial charge in [-0.3, -0.25) is 18.6 Å². The third kappa shape index (κ3) is 37.8. The average molecular weight is 753 g/mol. The molecule has 0 aromatic rings. The van der Waals surface area contributed by atoms with E-state index in [0.717, 1.165) is 70.6 Å². The monoisotopic (exact) mass is 753 g/mol. The van der Waals surface area contributed by atoms with Crippen LogP contribution < -0.4 is 0 Å². The van der Waals surface area contributed by atoms with Crippen molar-refractivity contribution in [3.63, 3.8) is 0 Å². The number of ether oxygens (including phenoxy) is 2. The second kappa shape index (κ2) is 38.7. The Morgan fingerprint density at radius 1 is 0.538 bits per heavy atom. The van der Waals surface area contributed by atoms with E-state index in [0.29, 0.717) is 6.42 Å². The van der Waals surface area contributed by atoms with Crippen LogP contribution in [0.2, 0.25) is 0 Å². The molecular weight excluding hydrogens is 675 g/mol. The van der Waals surface area contributed by atoms with Crippen LogP contribution in [0.15, 0.2) is 48.6 Å². The molecule has 0 saturated carbocycles. The minimum absolute atomic E-state index is 0.00520. The van der Waals surface area contributed by atoms with Crippen LogP contribution in [0.1, 0.15) is 188 Å². The first-order valence-corrected chi connectivity index (χ1v) is 22.4. The maximum atomic E-state index is 12.5. The van der Waals surface area contributed by atoms with Gasteiger partial charge in [-0.2, -0.15) is 0 Å². The Kier molecular flexibility index (Phi) is 37.2. The zero-order valence-electron chi connectivity index (χ0n) is 33.5. The molecule has 0 radical (unpaired) electrons. The highest BCUT2D eigenvalue weighted by molar-refractivity contribution is 7.47. The predicted molar refractivity (Wildman–Crippen MR) is 216 cm³/mol. The van der Waals surface area contributed by atoms with E-state index in [-0.39, 0.29) is 32.0 Å². The number of hydrogen-bond donors (Lipinski definition) is 1. The van der Waals surface area contributed by atoms with Gasteiger partial charge in [0.1, 0.15) is 6.61 Å². The van der Waals surface area contributed by atoms with Crippen molar-refractivity contribution in [2.24, 2.45) is 0 Å². The van der Waals surface area contributed by atoms with Gasteiger partial charge in [0.2, 0.25) is 0 Å². The summed E-state index contributed by atoms with van der Waals surface area (Å²) >= 11 is 0. The Hall–Kier alpha value is -1.99. The van der Waals surface area contributed by atoms with Crippen LogP contribution >= 0.6 is 7.82 Å². The Labute approximate surface area is 318 Å². The molecule has 0 spiro atoms. The van der Waals surface area contributed by atoms with Gasteiger partial charge in [-0.05, 0) is 58.3 Å². The second-order valence-corrected chi connectivity index (χ2v) is 15.1. The Bertz CT molecular complexity index is 990. The third-order valence-electron chi connectivity index (χ3n) is 8.65. The molecule has 1 N–H and O–H groups in total. The summed E-state index contributed by atoms with van der Waals surface area (Å²) in [5.41, 5.74) is 0. The summed E-state index contributed by atoms with van der Waals surface area (Å²) < 4.78 is 32.6. The van der Waals surface area contributed by atoms with E-state index in [1.165, 1.54) is 77.0 Å². The number of carbonyl (C=O) groups excluding carboxylic acids is 2. The van der Waals surface area contributed by atoms with Gasteiger partial charge in [0.25, 0.3) is 0 Å². The quantitative estimate of drug-likeness (QED) is 0.0287. The third-order valence-corrected chi connectivity index (χ3v) is 9.71. The van der Waals surface area contributed by atoms with E-state index < -0.39 is 26.5 Å². The molecule has 302 valence electrons. The fourth-order valence-corrected chi connectivity index (χ4v) is 6.38. The largest absolute Gasteiger partial charge is 0.472 e. The van der Waals surface area contributed by atoms with Crippen LogP contribution in [0, 0.1) is 0 Å². The normalized spacial score (nSPS) is 13.8. The topological polar surface area (TPSA) is 108 Å². The molecule has 0 rings (SSSR count). The minimum atomic E-state index is -4.28. The molecule has 0 saturated heterocycles. The molecule has 0 aliphatic heterocycles. The highest BCUT2D eigenvalue weighted by Crippen LogP contribution is 2.43. The lowest BCUT2D eigenvalue weighted by molar-refractivity contribution is -0.161. The molecule has 9 heteroatoms. The highest BCUT2D eigenvalue weighted by atomic mass is 31.2. The molecule has 2 atom stereocenters. The fraction of sp³-hybridized carbons (Fsp3) is 0.767. The molecule has 0 aromatic heterocycles. The Morgan fingerprint density at radius 3 is 1.48 bits per heavy atom. The predicted octanol–water partition coefficient (Wildman–Crippen LogP) is 13.0. The molecule has 8 nitrogen and oxygen atoms in total. The van der Waals surface area contributed by atoms with Crippen LogP contribution in [0.4, 0.5) is 0 Å². The second-order valence-electron chi connectivity index (χ2n) is 13.6. The lowest BCUT2D eigenvalue weighted by Gasteiger charge is -2.19. The van der Waals surface area contributed by atoms with Crippen molar-refractivity contribution in [3.8, 4) is 0 Å². The van der Waals surface area contributed by atoms with Crippen molar-refractivity contribution >= 4 is 19.8 Å². The number of rotatable bonds is 38. The number of phosphoric acid groups is 1. The molecule has 0 bridgehead atoms. The lowest BCUT2D eigenvalue weighted by Crippen LogP contribution is -2.29. The van der Waals surface area contributed by atoms with Gasteiger partial charge in [0.05, 0.1) is 13.2 Å². The summed E-state index contributed by atoms with van der Waals surface area (Å²) in [6, 6.07) is 0. The van der Waals surface area contributed by atoms with Gasteiger partial charge in [0.15, 0.2) is 6.10 Å². The maximum absolute atomic E-state index is 12.5. The zero-order valence-corrected chi connectivity index (χ0v) is 34.3. The molecule has 0 heterocycles. The smallest absolute Gasteiger partial charge is 0.462 e. The molecule has 0 aromatic carbocycles. The van der Waals surface area contributed by atoms with Crippen LogP contribution in [0.5, 0.6) is 0 Å². The van der Waals surface area contributed by atoms with Gasteiger partial charge in [-0.25, -0.2) is 4.57 Å². The standard InChI is InChI=1S/C43H77O8P/c1-4-7-9-11-13-15-17-19-21-22-24-26-28-30-32-34-36-38-43(45)51-41(40-50-52(46,47)49-6-3)39-48-42(44)37-35-33-31-29-27-25-23-20-18-16-14-12-10-8-5-2/h7,9,13,15,19,21,24,26,41H,4-6,8,10-12,14,16-18,20,22-23,25,27-40H2,1-3H3,(H,46,47)/b9-7-,15-13-,21-19-,26-24-. The van der Waals surface area contributed by atoms with Gasteiger partial charge >= 0.3 is 19.8 Å². The minimum Gasteiger partial charge on any atom is -0.462 e. The molecule has 2 unspecified atom stereocenters. The van der Waals surface area contributed by atoms with E-state index in [9.17, 15) is 19.0 Å². The van der Waals surface area contributed by atoms with Crippen LogP contribution in [0.3, 0.4) is 0 Å². The first-order valence-electron chi connectivity index (χ1n) is 20.9. The van der Waals surface area contributed by atoms with Crippen molar-refractivity contribution < 1.29 is 37.6 Å². The van der Waals surface area contributed by atoms with Crippen molar-refractivity contribution in [1.82, 2.24) is 0 Å². The van der Waals surface area contributed by atoms with Crippen LogP contribution in [0.25, 0.3) is 0 Å². The molecule has 0 amide bonds. The number of unbranched alkanes of at least 4 members (excludes halogenated alkanes) is 18. The number of hydrogen-bond acceptors (Lipinski definition) is 7. The van der Waals surface area contributed by atoms with Crippen molar-refractivity contribution in [2.45, 2.75) is 194 Å². The van der Waals surface area contributed by atoms with Crippen molar-refractivity contribution in [2.75, 3.05) is 19.8 Å². The van der Waals surface area contributed by atoms with Gasteiger partial charge in [0, 0.05) is 12.8 Å². The molecule has 0 aliphatic rings. The lowest BCUT2D eigenvalue weighted by atomic mass is 10.0. The van der Waals surface area contributed by atoms with E-state index >= 15 is 0 Å². The Balaban J connectivity index is 4.14. The number of esters is 2. The summed E-state index contributed by atoms with van der Waals surface area (Å²) in [6.45, 7) is 5.34. The average Bonchev–Trinajstić information content (AvgIpc) is 3.12. The SMILES string of the molecule is CC/C=C\C/C=C\C/C=C\C/C=C\CCCCCCC(=O)OC(COC(=O)CCCCCCCCCCCCCCCCC)COP(=O)(O)OCC. The summed E-state index contributed by atoms with van der Waals surface area (Å²) in [4.78, 5) is 34.7. The van der Waals surface area contributed by atoms with Crippen molar-refractivity contribution in [1.29, 1.82) is 0 Å². The van der Waals surface area contributed by atoms with Gasteiger partial charge < -0.3 is 14.4 Å². The first kappa shape index (κ1) is 50.0. The molecule has 0 aliphatic carbocycles. The highest BCUT2D eigenvalue weighted by Gasteiger charge is 2.25. The fourth-order valence-electron chi connectivity index (χ4n) is 5.62. The van der Waals surface area contributed by atoms with Crippen LogP contribution in [-0.2, 0) is 32.7 Å². The van der Waals surface area contributed by atoms with Crippen molar-refractivity contribution in [3.05, 3.63) is 48.6 Å². The summed E-state index contributed by atoms with van der Waals surface area (Å²) in [6.07, 6.45) is 44.5. The van der Waals surface area contributed by atoms with Gasteiger partial charge in [-0.1, -0.05) is 165 Å². The van der Waals surface area contributed by atoms with Crippen LogP contribution in [-0.4, -0.2) is 42.8 Å². The number of allylic oxidation sites excluding steroid dienone is 8. The Morgan fingerprint density at radius 2 is 0.981 bits per heavy atom. The number of phosphoric ester groups is 1. The van der Waals surface area contributed by atoms with E-state index in [1.54, 1.807) is 6.92 Å². The van der Waals surface area contributed by atoms with E-state index in [2.05, 4.69) is 62.5 Å². The summed E-state index contributed by atoms with van der Waals surface area (Å²) in [5, 5.41) is 0. The molecule has 0 fully saturated rings. The number of carbonyl (C=O) groups is 2. The molecular formula is C43H77O8P. The zero-order chi connectivity index (χ0) is 38.2. The molecule has 52 heavy (non-hydrogen) atoms. The van der Waals surface area contributed by atoms with Gasteiger partial charge in [-0.15, -0.1) is 0 Å². The summed E-state index contributed by atoms with van der Waals surface area (Å²) in [5.74, 6) is -0.823.